The van der Waals surface area contributed by atoms with E-state index in [-0.39, 0.29) is 24.2 Å². The summed E-state index contributed by atoms with van der Waals surface area (Å²) in [5.41, 5.74) is 2.35. The Bertz CT molecular complexity index is 1250. The van der Waals surface area contributed by atoms with Crippen LogP contribution in [0.25, 0.3) is 17.1 Å². The number of aromatic amines is 1. The standard InChI is InChI=1S/C22H21N5O5S/c1-3-32-17-7-4-13(10-18(17)31-2)11-19-21(29)27(22(30)33-19)9-8-23-20(28)14-5-6-15-16(12-14)25-26-24-15/h4-7,10-12H,3,8-9H2,1-2H3,(H,23,28)(H,24,25,26)/b19-11-. The van der Waals surface area contributed by atoms with Gasteiger partial charge in [0.25, 0.3) is 17.1 Å². The van der Waals surface area contributed by atoms with Gasteiger partial charge < -0.3 is 14.8 Å². The van der Waals surface area contributed by atoms with Crippen LogP contribution < -0.4 is 14.8 Å². The number of carbonyl (C=O) groups excluding carboxylic acids is 3. The minimum absolute atomic E-state index is 0.0621. The number of rotatable bonds is 8. The summed E-state index contributed by atoms with van der Waals surface area (Å²) in [6.45, 7) is 2.56. The van der Waals surface area contributed by atoms with Crippen molar-refractivity contribution in [3.63, 3.8) is 0 Å². The van der Waals surface area contributed by atoms with Crippen molar-refractivity contribution >= 4 is 45.9 Å². The number of nitrogens with one attached hydrogen (secondary N) is 2. The summed E-state index contributed by atoms with van der Waals surface area (Å²) in [4.78, 5) is 38.9. The van der Waals surface area contributed by atoms with Crippen LogP contribution in [0.1, 0.15) is 22.8 Å². The predicted octanol–water partition coefficient (Wildman–Crippen LogP) is 2.83. The summed E-state index contributed by atoms with van der Waals surface area (Å²) in [5.74, 6) is 0.403. The van der Waals surface area contributed by atoms with Crippen LogP contribution in [-0.2, 0) is 4.79 Å². The normalized spacial score (nSPS) is 14.8. The van der Waals surface area contributed by atoms with Gasteiger partial charge in [-0.3, -0.25) is 19.3 Å². The molecule has 33 heavy (non-hydrogen) atoms. The number of methoxy groups -OCH3 is 1. The third kappa shape index (κ3) is 4.82. The van der Waals surface area contributed by atoms with Crippen LogP contribution in [0.15, 0.2) is 41.3 Å². The van der Waals surface area contributed by atoms with Gasteiger partial charge in [0.2, 0.25) is 0 Å². The minimum atomic E-state index is -0.406. The van der Waals surface area contributed by atoms with Gasteiger partial charge >= 0.3 is 0 Å². The number of benzene rings is 2. The summed E-state index contributed by atoms with van der Waals surface area (Å²) < 4.78 is 10.8. The number of amides is 3. The Balaban J connectivity index is 1.38. The van der Waals surface area contributed by atoms with Gasteiger partial charge in [0.15, 0.2) is 11.5 Å². The Hall–Kier alpha value is -3.86. The van der Waals surface area contributed by atoms with E-state index in [9.17, 15) is 14.4 Å². The highest BCUT2D eigenvalue weighted by Gasteiger charge is 2.34. The average Bonchev–Trinajstić information content (AvgIpc) is 3.39. The van der Waals surface area contributed by atoms with Crippen molar-refractivity contribution in [2.75, 3.05) is 26.8 Å². The SMILES string of the molecule is CCOc1ccc(/C=C2\SC(=O)N(CCNC(=O)c3ccc4n[nH]nc4c3)C2=O)cc1OC. The largest absolute Gasteiger partial charge is 0.493 e. The molecule has 0 atom stereocenters. The molecule has 1 fully saturated rings. The molecule has 2 heterocycles. The highest BCUT2D eigenvalue weighted by molar-refractivity contribution is 8.18. The maximum Gasteiger partial charge on any atom is 0.293 e. The average molecular weight is 468 g/mol. The zero-order valence-corrected chi connectivity index (χ0v) is 18.8. The van der Waals surface area contributed by atoms with Gasteiger partial charge in [-0.25, -0.2) is 0 Å². The van der Waals surface area contributed by atoms with E-state index in [4.69, 9.17) is 9.47 Å². The molecular weight excluding hydrogens is 446 g/mol. The lowest BCUT2D eigenvalue weighted by Crippen LogP contribution is -2.37. The first kappa shape index (κ1) is 22.3. The van der Waals surface area contributed by atoms with Crippen molar-refractivity contribution in [2.24, 2.45) is 0 Å². The quantitative estimate of drug-likeness (QED) is 0.484. The van der Waals surface area contributed by atoms with Gasteiger partial charge in [-0.15, -0.1) is 0 Å². The number of nitrogens with zero attached hydrogens (tertiary/aromatic N) is 3. The van der Waals surface area contributed by atoms with Gasteiger partial charge in [0, 0.05) is 18.7 Å². The topological polar surface area (TPSA) is 127 Å². The Morgan fingerprint density at radius 2 is 1.97 bits per heavy atom. The third-order valence-electron chi connectivity index (χ3n) is 4.86. The smallest absolute Gasteiger partial charge is 0.293 e. The highest BCUT2D eigenvalue weighted by Crippen LogP contribution is 2.34. The molecule has 2 N–H and O–H groups in total. The maximum atomic E-state index is 12.7. The summed E-state index contributed by atoms with van der Waals surface area (Å²) in [5, 5.41) is 12.7. The number of hydrogen-bond acceptors (Lipinski definition) is 8. The third-order valence-corrected chi connectivity index (χ3v) is 5.77. The van der Waals surface area contributed by atoms with Crippen LogP contribution in [0, 0.1) is 0 Å². The Morgan fingerprint density at radius 3 is 2.76 bits per heavy atom. The minimum Gasteiger partial charge on any atom is -0.493 e. The van der Waals surface area contributed by atoms with Gasteiger partial charge in [0.05, 0.1) is 18.6 Å². The van der Waals surface area contributed by atoms with Gasteiger partial charge in [-0.2, -0.15) is 15.4 Å². The Kier molecular flexibility index (Phi) is 6.59. The Labute approximate surface area is 193 Å². The van der Waals surface area contributed by atoms with Crippen molar-refractivity contribution in [3.8, 4) is 11.5 Å². The number of ether oxygens (including phenoxy) is 2. The second kappa shape index (κ2) is 9.74. The van der Waals surface area contributed by atoms with Gasteiger partial charge in [-0.1, -0.05) is 6.07 Å². The molecule has 1 saturated heterocycles. The van der Waals surface area contributed by atoms with Crippen molar-refractivity contribution in [1.29, 1.82) is 0 Å². The number of imide groups is 1. The molecule has 1 aromatic heterocycles. The number of aromatic nitrogens is 3. The van der Waals surface area contributed by atoms with E-state index in [2.05, 4.69) is 20.7 Å². The highest BCUT2D eigenvalue weighted by atomic mass is 32.2. The summed E-state index contributed by atoms with van der Waals surface area (Å²) in [6.07, 6.45) is 1.63. The molecule has 11 heteroatoms. The molecule has 3 aromatic rings. The molecule has 1 aliphatic heterocycles. The first-order valence-electron chi connectivity index (χ1n) is 10.1. The number of carbonyl (C=O) groups is 3. The van der Waals surface area contributed by atoms with Crippen LogP contribution >= 0.6 is 11.8 Å². The predicted molar refractivity (Wildman–Crippen MR) is 123 cm³/mol. The lowest BCUT2D eigenvalue weighted by Gasteiger charge is -2.13. The second-order valence-electron chi connectivity index (χ2n) is 6.96. The summed E-state index contributed by atoms with van der Waals surface area (Å²) in [7, 11) is 1.54. The molecule has 0 saturated carbocycles. The van der Waals surface area contributed by atoms with Crippen LogP contribution in [-0.4, -0.2) is 64.2 Å². The Morgan fingerprint density at radius 1 is 1.15 bits per heavy atom. The van der Waals surface area contributed by atoms with Crippen molar-refractivity contribution < 1.29 is 23.9 Å². The van der Waals surface area contributed by atoms with E-state index in [0.717, 1.165) is 16.7 Å². The molecular formula is C22H21N5O5S. The van der Waals surface area contributed by atoms with Crippen molar-refractivity contribution in [2.45, 2.75) is 6.92 Å². The molecule has 3 amide bonds. The fourth-order valence-electron chi connectivity index (χ4n) is 3.26. The van der Waals surface area contributed by atoms with Crippen LogP contribution in [0.2, 0.25) is 0 Å². The zero-order valence-electron chi connectivity index (χ0n) is 18.0. The van der Waals surface area contributed by atoms with E-state index in [1.54, 1.807) is 42.5 Å². The first-order chi connectivity index (χ1) is 16.0. The molecule has 0 aliphatic carbocycles. The first-order valence-corrected chi connectivity index (χ1v) is 11.0. The van der Waals surface area contributed by atoms with E-state index in [0.29, 0.717) is 45.2 Å². The number of H-pyrrole nitrogens is 1. The lowest BCUT2D eigenvalue weighted by molar-refractivity contribution is -0.122. The fraction of sp³-hybridized carbons (Fsp3) is 0.227. The van der Waals surface area contributed by atoms with Crippen molar-refractivity contribution in [3.05, 3.63) is 52.4 Å². The van der Waals surface area contributed by atoms with E-state index < -0.39 is 5.91 Å². The molecule has 4 rings (SSSR count). The molecule has 2 aromatic carbocycles. The molecule has 10 nitrogen and oxygen atoms in total. The molecule has 1 aliphatic rings. The van der Waals surface area contributed by atoms with E-state index in [1.807, 2.05) is 6.92 Å². The number of hydrogen-bond donors (Lipinski definition) is 2. The molecule has 0 bridgehead atoms. The van der Waals surface area contributed by atoms with Crippen LogP contribution in [0.4, 0.5) is 4.79 Å². The molecule has 0 radical (unpaired) electrons. The fourth-order valence-corrected chi connectivity index (χ4v) is 4.12. The van der Waals surface area contributed by atoms with E-state index >= 15 is 0 Å². The van der Waals surface area contributed by atoms with Crippen LogP contribution in [0.3, 0.4) is 0 Å². The van der Waals surface area contributed by atoms with Crippen molar-refractivity contribution in [1.82, 2.24) is 25.6 Å². The van der Waals surface area contributed by atoms with Gasteiger partial charge in [-0.05, 0) is 60.7 Å². The number of thioether (sulfide) groups is 1. The molecule has 0 unspecified atom stereocenters. The monoisotopic (exact) mass is 467 g/mol. The maximum absolute atomic E-state index is 12.7. The lowest BCUT2D eigenvalue weighted by atomic mass is 10.2. The van der Waals surface area contributed by atoms with Crippen LogP contribution in [0.5, 0.6) is 11.5 Å². The summed E-state index contributed by atoms with van der Waals surface area (Å²) >= 11 is 0.857. The van der Waals surface area contributed by atoms with Gasteiger partial charge in [0.1, 0.15) is 11.0 Å². The second-order valence-corrected chi connectivity index (χ2v) is 7.95. The number of fused-ring (bicyclic) bond motifs is 1. The van der Waals surface area contributed by atoms with E-state index in [1.165, 1.54) is 7.11 Å². The molecule has 170 valence electrons. The molecule has 0 spiro atoms. The summed E-state index contributed by atoms with van der Waals surface area (Å²) in [6, 6.07) is 10.2. The zero-order chi connectivity index (χ0) is 23.4.